The Labute approximate surface area is 209 Å². The van der Waals surface area contributed by atoms with Crippen molar-refractivity contribution in [3.05, 3.63) is 59.7 Å². The highest BCUT2D eigenvalue weighted by atomic mass is 32.2. The molecular formula is C26H38N4O4S. The zero-order valence-electron chi connectivity index (χ0n) is 21.6. The molecule has 2 aromatic rings. The molecule has 0 radical (unpaired) electrons. The summed E-state index contributed by atoms with van der Waals surface area (Å²) in [7, 11) is 4.33. The van der Waals surface area contributed by atoms with Crippen LogP contribution in [0.4, 0.5) is 5.69 Å². The molecule has 0 amide bonds. The lowest BCUT2D eigenvalue weighted by molar-refractivity contribution is -0.0440. The van der Waals surface area contributed by atoms with Crippen LogP contribution in [0.2, 0.25) is 0 Å². The standard InChI is InChI=1S/C26H38N4O4S/c1-19-17-30(18-20(2)34-19)35(32,33)24-9-7-8-22(14-24)26(31)16-27-15-25(29(5)6)21-10-12-23(13-11-21)28(3)4/h7-14,19-20,25,27H,15-18H2,1-6H3. The fourth-order valence-electron chi connectivity index (χ4n) is 4.32. The minimum atomic E-state index is -3.70. The predicted molar refractivity (Wildman–Crippen MR) is 140 cm³/mol. The molecule has 9 heteroatoms. The van der Waals surface area contributed by atoms with Gasteiger partial charge in [0.05, 0.1) is 23.6 Å². The van der Waals surface area contributed by atoms with Gasteiger partial charge < -0.3 is 19.9 Å². The van der Waals surface area contributed by atoms with Crippen molar-refractivity contribution in [1.82, 2.24) is 14.5 Å². The molecule has 8 nitrogen and oxygen atoms in total. The molecule has 1 saturated heterocycles. The molecule has 0 aromatic heterocycles. The number of carbonyl (C=O) groups is 1. The van der Waals surface area contributed by atoms with Gasteiger partial charge in [-0.25, -0.2) is 8.42 Å². The molecular weight excluding hydrogens is 464 g/mol. The van der Waals surface area contributed by atoms with E-state index in [1.165, 1.54) is 10.4 Å². The van der Waals surface area contributed by atoms with Crippen LogP contribution < -0.4 is 10.2 Å². The second-order valence-corrected chi connectivity index (χ2v) is 11.6. The monoisotopic (exact) mass is 502 g/mol. The second-order valence-electron chi connectivity index (χ2n) is 9.63. The number of nitrogens with zero attached hydrogens (tertiary/aromatic N) is 3. The van der Waals surface area contributed by atoms with Gasteiger partial charge in [0.2, 0.25) is 10.0 Å². The second kappa shape index (κ2) is 11.6. The summed E-state index contributed by atoms with van der Waals surface area (Å²) >= 11 is 0. The van der Waals surface area contributed by atoms with Crippen LogP contribution in [0.1, 0.15) is 35.8 Å². The normalized spacial score (nSPS) is 20.1. The summed E-state index contributed by atoms with van der Waals surface area (Å²) in [4.78, 5) is 17.2. The summed E-state index contributed by atoms with van der Waals surface area (Å²) < 4.78 is 33.5. The maximum absolute atomic E-state index is 13.2. The van der Waals surface area contributed by atoms with Crippen molar-refractivity contribution in [2.24, 2.45) is 0 Å². The molecule has 1 aliphatic rings. The number of nitrogens with one attached hydrogen (secondary N) is 1. The van der Waals surface area contributed by atoms with E-state index < -0.39 is 10.0 Å². The topological polar surface area (TPSA) is 82.2 Å². The average Bonchev–Trinajstić information content (AvgIpc) is 2.81. The van der Waals surface area contributed by atoms with Crippen LogP contribution in [0.25, 0.3) is 0 Å². The number of sulfonamides is 1. The van der Waals surface area contributed by atoms with Crippen LogP contribution in [0, 0.1) is 0 Å². The first kappa shape index (κ1) is 27.3. The first-order valence-corrected chi connectivity index (χ1v) is 13.4. The van der Waals surface area contributed by atoms with Crippen LogP contribution in [0.3, 0.4) is 0 Å². The number of ether oxygens (including phenoxy) is 1. The summed E-state index contributed by atoms with van der Waals surface area (Å²) in [5, 5.41) is 3.26. The molecule has 1 aliphatic heterocycles. The molecule has 35 heavy (non-hydrogen) atoms. The number of hydrogen-bond acceptors (Lipinski definition) is 7. The molecule has 1 heterocycles. The molecule has 2 aromatic carbocycles. The van der Waals surface area contributed by atoms with Gasteiger partial charge in [-0.1, -0.05) is 24.3 Å². The third-order valence-electron chi connectivity index (χ3n) is 6.22. The Morgan fingerprint density at radius 1 is 1.06 bits per heavy atom. The molecule has 3 unspecified atom stereocenters. The van der Waals surface area contributed by atoms with Gasteiger partial charge in [0.15, 0.2) is 5.78 Å². The molecule has 1 fully saturated rings. The van der Waals surface area contributed by atoms with Crippen LogP contribution in [-0.2, 0) is 14.8 Å². The van der Waals surface area contributed by atoms with E-state index in [1.54, 1.807) is 18.2 Å². The van der Waals surface area contributed by atoms with Crippen LogP contribution >= 0.6 is 0 Å². The Kier molecular flexibility index (Phi) is 9.06. The Morgan fingerprint density at radius 2 is 1.69 bits per heavy atom. The fraction of sp³-hybridized carbons (Fsp3) is 0.500. The van der Waals surface area contributed by atoms with Crippen molar-refractivity contribution >= 4 is 21.5 Å². The Balaban J connectivity index is 1.65. The first-order valence-electron chi connectivity index (χ1n) is 11.9. The molecule has 0 bridgehead atoms. The van der Waals surface area contributed by atoms with Gasteiger partial charge in [0.1, 0.15) is 0 Å². The Hall–Kier alpha value is -2.30. The van der Waals surface area contributed by atoms with Crippen LogP contribution in [0.5, 0.6) is 0 Å². The number of anilines is 1. The van der Waals surface area contributed by atoms with Crippen molar-refractivity contribution in [3.63, 3.8) is 0 Å². The minimum Gasteiger partial charge on any atom is -0.378 e. The number of morpholine rings is 1. The highest BCUT2D eigenvalue weighted by molar-refractivity contribution is 7.89. The van der Waals surface area contributed by atoms with Gasteiger partial charge in [-0.3, -0.25) is 4.79 Å². The van der Waals surface area contributed by atoms with Crippen molar-refractivity contribution in [2.75, 3.05) is 59.3 Å². The van der Waals surface area contributed by atoms with Crippen molar-refractivity contribution in [2.45, 2.75) is 37.0 Å². The maximum atomic E-state index is 13.2. The lowest BCUT2D eigenvalue weighted by Gasteiger charge is -2.34. The van der Waals surface area contributed by atoms with Gasteiger partial charge in [0.25, 0.3) is 0 Å². The van der Waals surface area contributed by atoms with Crippen molar-refractivity contribution < 1.29 is 17.9 Å². The third kappa shape index (κ3) is 6.89. The zero-order valence-corrected chi connectivity index (χ0v) is 22.4. The van der Waals surface area contributed by atoms with Crippen LogP contribution in [-0.4, -0.2) is 90.0 Å². The number of carbonyl (C=O) groups excluding carboxylic acids is 1. The molecule has 1 N–H and O–H groups in total. The van der Waals surface area contributed by atoms with E-state index in [1.807, 2.05) is 42.0 Å². The highest BCUT2D eigenvalue weighted by Crippen LogP contribution is 2.23. The van der Waals surface area contributed by atoms with Gasteiger partial charge in [-0.2, -0.15) is 4.31 Å². The first-order chi connectivity index (χ1) is 16.5. The van der Waals surface area contributed by atoms with Gasteiger partial charge in [0, 0.05) is 51.0 Å². The largest absolute Gasteiger partial charge is 0.378 e. The summed E-state index contributed by atoms with van der Waals surface area (Å²) in [5.41, 5.74) is 2.66. The summed E-state index contributed by atoms with van der Waals surface area (Å²) in [6, 6.07) is 14.8. The SMILES string of the molecule is CC1CN(S(=O)(=O)c2cccc(C(=O)CNCC(c3ccc(N(C)C)cc3)N(C)C)c2)CC(C)O1. The third-order valence-corrected chi connectivity index (χ3v) is 8.05. The molecule has 3 rings (SSSR count). The van der Waals surface area contributed by atoms with Crippen molar-refractivity contribution in [1.29, 1.82) is 0 Å². The molecule has 3 atom stereocenters. The maximum Gasteiger partial charge on any atom is 0.243 e. The van der Waals surface area contributed by atoms with E-state index in [0.717, 1.165) is 11.3 Å². The summed E-state index contributed by atoms with van der Waals surface area (Å²) in [6.45, 7) is 5.03. The smallest absolute Gasteiger partial charge is 0.243 e. The quantitative estimate of drug-likeness (QED) is 0.500. The zero-order chi connectivity index (χ0) is 25.8. The van der Waals surface area contributed by atoms with E-state index in [2.05, 4.69) is 39.4 Å². The van der Waals surface area contributed by atoms with Crippen LogP contribution in [0.15, 0.2) is 53.4 Å². The van der Waals surface area contributed by atoms with E-state index in [9.17, 15) is 13.2 Å². The van der Waals surface area contributed by atoms with E-state index >= 15 is 0 Å². The van der Waals surface area contributed by atoms with Gasteiger partial charge in [-0.15, -0.1) is 0 Å². The molecule has 0 saturated carbocycles. The van der Waals surface area contributed by atoms with E-state index in [0.29, 0.717) is 25.2 Å². The minimum absolute atomic E-state index is 0.0935. The fourth-order valence-corrected chi connectivity index (χ4v) is 5.96. The molecule has 0 aliphatic carbocycles. The number of likely N-dealkylation sites (N-methyl/N-ethyl adjacent to an activating group) is 1. The lowest BCUT2D eigenvalue weighted by Crippen LogP contribution is -2.48. The number of hydrogen-bond donors (Lipinski definition) is 1. The lowest BCUT2D eigenvalue weighted by atomic mass is 10.0. The number of ketones is 1. The summed E-state index contributed by atoms with van der Waals surface area (Å²) in [5.74, 6) is -0.147. The predicted octanol–water partition coefficient (Wildman–Crippen LogP) is 2.63. The van der Waals surface area contributed by atoms with Gasteiger partial charge in [-0.05, 0) is 57.8 Å². The molecule has 0 spiro atoms. The Morgan fingerprint density at radius 3 is 2.26 bits per heavy atom. The van der Waals surface area contributed by atoms with E-state index in [-0.39, 0.29) is 35.5 Å². The number of rotatable bonds is 10. The Bertz CT molecular complexity index is 1090. The summed E-state index contributed by atoms with van der Waals surface area (Å²) in [6.07, 6.45) is -0.350. The van der Waals surface area contributed by atoms with E-state index in [4.69, 9.17) is 4.74 Å². The van der Waals surface area contributed by atoms with Crippen molar-refractivity contribution in [3.8, 4) is 0 Å². The average molecular weight is 503 g/mol. The highest BCUT2D eigenvalue weighted by Gasteiger charge is 2.32. The van der Waals surface area contributed by atoms with Gasteiger partial charge >= 0.3 is 0 Å². The molecule has 192 valence electrons. The number of benzene rings is 2. The number of Topliss-reactive ketones (excluding diaryl/α,β-unsaturated/α-hetero) is 1.